The SMILES string of the molecule is CC(C)(C)c1ccc2c(c1)CC(C(C)(C)C)CC2. The van der Waals surface area contributed by atoms with Crippen LogP contribution in [0.2, 0.25) is 0 Å². The van der Waals surface area contributed by atoms with Crippen LogP contribution in [0.15, 0.2) is 18.2 Å². The zero-order chi connectivity index (χ0) is 13.6. The van der Waals surface area contributed by atoms with Gasteiger partial charge in [-0.05, 0) is 52.7 Å². The maximum Gasteiger partial charge on any atom is -0.0132 e. The normalized spacial score (nSPS) is 20.7. The van der Waals surface area contributed by atoms with E-state index in [0.717, 1.165) is 5.92 Å². The second kappa shape index (κ2) is 4.40. The van der Waals surface area contributed by atoms with E-state index in [1.54, 1.807) is 11.1 Å². The zero-order valence-corrected chi connectivity index (χ0v) is 12.9. The van der Waals surface area contributed by atoms with Gasteiger partial charge in [-0.2, -0.15) is 0 Å². The van der Waals surface area contributed by atoms with Gasteiger partial charge < -0.3 is 0 Å². The summed E-state index contributed by atoms with van der Waals surface area (Å²) in [5.74, 6) is 0.834. The minimum absolute atomic E-state index is 0.268. The number of benzene rings is 1. The number of rotatable bonds is 0. The summed E-state index contributed by atoms with van der Waals surface area (Å²) in [7, 11) is 0. The van der Waals surface area contributed by atoms with E-state index < -0.39 is 0 Å². The molecule has 0 radical (unpaired) electrons. The molecule has 1 aliphatic rings. The molecule has 0 heterocycles. The summed E-state index contributed by atoms with van der Waals surface area (Å²) in [5.41, 5.74) is 5.38. The van der Waals surface area contributed by atoms with Gasteiger partial charge in [-0.25, -0.2) is 0 Å². The van der Waals surface area contributed by atoms with E-state index in [0.29, 0.717) is 5.41 Å². The quantitative estimate of drug-likeness (QED) is 0.593. The second-order valence-corrected chi connectivity index (χ2v) is 8.04. The Hall–Kier alpha value is -0.780. The van der Waals surface area contributed by atoms with E-state index >= 15 is 0 Å². The molecule has 1 aliphatic carbocycles. The Morgan fingerprint density at radius 1 is 0.944 bits per heavy atom. The molecule has 0 bridgehead atoms. The van der Waals surface area contributed by atoms with Crippen LogP contribution in [0, 0.1) is 11.3 Å². The molecule has 2 rings (SSSR count). The van der Waals surface area contributed by atoms with Crippen molar-refractivity contribution >= 4 is 0 Å². The molecule has 1 aromatic carbocycles. The van der Waals surface area contributed by atoms with Crippen LogP contribution in [0.5, 0.6) is 0 Å². The first-order valence-corrected chi connectivity index (χ1v) is 7.30. The fraction of sp³-hybridized carbons (Fsp3) is 0.667. The van der Waals surface area contributed by atoms with E-state index in [9.17, 15) is 0 Å². The third-order valence-electron chi connectivity index (χ3n) is 4.53. The molecule has 100 valence electrons. The monoisotopic (exact) mass is 244 g/mol. The lowest BCUT2D eigenvalue weighted by atomic mass is 9.70. The average molecular weight is 244 g/mol. The Kier molecular flexibility index (Phi) is 3.34. The third-order valence-corrected chi connectivity index (χ3v) is 4.53. The van der Waals surface area contributed by atoms with Crippen molar-refractivity contribution in [3.63, 3.8) is 0 Å². The molecule has 0 spiro atoms. The van der Waals surface area contributed by atoms with Crippen LogP contribution in [-0.4, -0.2) is 0 Å². The van der Waals surface area contributed by atoms with Crippen LogP contribution < -0.4 is 0 Å². The second-order valence-electron chi connectivity index (χ2n) is 8.04. The zero-order valence-electron chi connectivity index (χ0n) is 12.9. The molecular formula is C18H28. The predicted octanol–water partition coefficient (Wildman–Crippen LogP) is 5.14. The first kappa shape index (κ1) is 13.6. The van der Waals surface area contributed by atoms with Crippen LogP contribution >= 0.6 is 0 Å². The maximum absolute atomic E-state index is 2.47. The van der Waals surface area contributed by atoms with Gasteiger partial charge in [0.2, 0.25) is 0 Å². The smallest absolute Gasteiger partial charge is 0.0132 e. The number of hydrogen-bond acceptors (Lipinski definition) is 0. The van der Waals surface area contributed by atoms with E-state index in [4.69, 9.17) is 0 Å². The van der Waals surface area contributed by atoms with Crippen molar-refractivity contribution < 1.29 is 0 Å². The summed E-state index contributed by atoms with van der Waals surface area (Å²) < 4.78 is 0. The van der Waals surface area contributed by atoms with Crippen LogP contribution in [-0.2, 0) is 18.3 Å². The Bertz CT molecular complexity index is 426. The van der Waals surface area contributed by atoms with Crippen molar-refractivity contribution in [1.29, 1.82) is 0 Å². The number of hydrogen-bond donors (Lipinski definition) is 0. The van der Waals surface area contributed by atoms with Gasteiger partial charge >= 0.3 is 0 Å². The van der Waals surface area contributed by atoms with Gasteiger partial charge in [0.05, 0.1) is 0 Å². The first-order valence-electron chi connectivity index (χ1n) is 7.30. The maximum atomic E-state index is 2.47. The van der Waals surface area contributed by atoms with Crippen LogP contribution in [0.25, 0.3) is 0 Å². The molecule has 1 atom stereocenters. The van der Waals surface area contributed by atoms with Crippen LogP contribution in [0.1, 0.15) is 64.7 Å². The topological polar surface area (TPSA) is 0 Å². The van der Waals surface area contributed by atoms with E-state index in [1.807, 2.05) is 0 Å². The minimum Gasteiger partial charge on any atom is -0.0599 e. The van der Waals surface area contributed by atoms with E-state index in [2.05, 4.69) is 59.7 Å². The molecule has 0 saturated carbocycles. The van der Waals surface area contributed by atoms with Gasteiger partial charge in [0.25, 0.3) is 0 Å². The Balaban J connectivity index is 2.31. The van der Waals surface area contributed by atoms with E-state index in [-0.39, 0.29) is 5.41 Å². The molecule has 1 unspecified atom stereocenters. The first-order chi connectivity index (χ1) is 8.18. The largest absolute Gasteiger partial charge is 0.0599 e. The van der Waals surface area contributed by atoms with Gasteiger partial charge in [0, 0.05) is 0 Å². The highest BCUT2D eigenvalue weighted by molar-refractivity contribution is 5.37. The van der Waals surface area contributed by atoms with Crippen molar-refractivity contribution in [3.05, 3.63) is 34.9 Å². The van der Waals surface area contributed by atoms with Gasteiger partial charge in [0.15, 0.2) is 0 Å². The van der Waals surface area contributed by atoms with Crippen LogP contribution in [0.4, 0.5) is 0 Å². The van der Waals surface area contributed by atoms with Gasteiger partial charge in [-0.1, -0.05) is 59.7 Å². The summed E-state index contributed by atoms with van der Waals surface area (Å²) in [4.78, 5) is 0. The van der Waals surface area contributed by atoms with Crippen molar-refractivity contribution in [2.24, 2.45) is 11.3 Å². The standard InChI is InChI=1S/C18H28/c1-17(2,3)15-9-7-13-8-10-16(18(4,5)6)12-14(13)11-15/h7,9,11,16H,8,10,12H2,1-6H3. The predicted molar refractivity (Wildman–Crippen MR) is 80.1 cm³/mol. The average Bonchev–Trinajstić information content (AvgIpc) is 2.25. The van der Waals surface area contributed by atoms with Crippen molar-refractivity contribution in [1.82, 2.24) is 0 Å². The molecule has 18 heavy (non-hydrogen) atoms. The summed E-state index contributed by atoms with van der Waals surface area (Å²) in [6.45, 7) is 14.1. The minimum atomic E-state index is 0.268. The van der Waals surface area contributed by atoms with Gasteiger partial charge in [-0.15, -0.1) is 0 Å². The fourth-order valence-corrected chi connectivity index (χ4v) is 2.96. The molecular weight excluding hydrogens is 216 g/mol. The molecule has 0 nitrogen and oxygen atoms in total. The lowest BCUT2D eigenvalue weighted by Crippen LogP contribution is -2.27. The lowest BCUT2D eigenvalue weighted by Gasteiger charge is -2.35. The molecule has 0 amide bonds. The van der Waals surface area contributed by atoms with Crippen molar-refractivity contribution in [2.45, 2.75) is 66.2 Å². The molecule has 0 saturated heterocycles. The summed E-state index contributed by atoms with van der Waals surface area (Å²) >= 11 is 0. The molecule has 0 aliphatic heterocycles. The number of fused-ring (bicyclic) bond motifs is 1. The number of aryl methyl sites for hydroxylation is 1. The third kappa shape index (κ3) is 2.79. The van der Waals surface area contributed by atoms with Crippen LogP contribution in [0.3, 0.4) is 0 Å². The molecule has 0 fully saturated rings. The molecule has 1 aromatic rings. The van der Waals surface area contributed by atoms with Crippen molar-refractivity contribution in [3.8, 4) is 0 Å². The van der Waals surface area contributed by atoms with Gasteiger partial charge in [0.1, 0.15) is 0 Å². The fourth-order valence-electron chi connectivity index (χ4n) is 2.96. The summed E-state index contributed by atoms with van der Waals surface area (Å²) in [6.07, 6.45) is 3.88. The molecule has 0 N–H and O–H groups in total. The molecule has 0 heteroatoms. The Morgan fingerprint density at radius 2 is 1.61 bits per heavy atom. The highest BCUT2D eigenvalue weighted by Crippen LogP contribution is 2.38. The van der Waals surface area contributed by atoms with Gasteiger partial charge in [-0.3, -0.25) is 0 Å². The Labute approximate surface area is 113 Å². The lowest BCUT2D eigenvalue weighted by molar-refractivity contribution is 0.216. The highest BCUT2D eigenvalue weighted by atomic mass is 14.3. The highest BCUT2D eigenvalue weighted by Gasteiger charge is 2.29. The summed E-state index contributed by atoms with van der Waals surface area (Å²) in [5, 5.41) is 0. The van der Waals surface area contributed by atoms with Crippen molar-refractivity contribution in [2.75, 3.05) is 0 Å². The Morgan fingerprint density at radius 3 is 2.17 bits per heavy atom. The molecule has 0 aromatic heterocycles. The summed E-state index contributed by atoms with van der Waals surface area (Å²) in [6, 6.07) is 7.16. The van der Waals surface area contributed by atoms with E-state index in [1.165, 1.54) is 24.8 Å².